The highest BCUT2D eigenvalue weighted by molar-refractivity contribution is 6.33. The molecule has 0 bridgehead atoms. The number of aryl methyl sites for hydroxylation is 1. The van der Waals surface area contributed by atoms with Gasteiger partial charge in [-0.3, -0.25) is 0 Å². The van der Waals surface area contributed by atoms with Crippen molar-refractivity contribution in [3.63, 3.8) is 0 Å². The molecule has 0 radical (unpaired) electrons. The van der Waals surface area contributed by atoms with E-state index in [1.807, 2.05) is 44.2 Å². The van der Waals surface area contributed by atoms with Gasteiger partial charge in [0.05, 0.1) is 5.02 Å². The Labute approximate surface area is 202 Å². The SMILES string of the molecule is CC[C@H](C)[C@@H](NC(=O)OCc1ccccc1)C(=O)Oc1cc2oc(=O)c3c(c2cc1Cl)CCC3. The molecule has 1 amide bonds. The maximum Gasteiger partial charge on any atom is 0.408 e. The summed E-state index contributed by atoms with van der Waals surface area (Å²) >= 11 is 6.42. The van der Waals surface area contributed by atoms with E-state index < -0.39 is 18.1 Å². The summed E-state index contributed by atoms with van der Waals surface area (Å²) in [4.78, 5) is 37.7. The van der Waals surface area contributed by atoms with Crippen LogP contribution < -0.4 is 15.7 Å². The van der Waals surface area contributed by atoms with Crippen LogP contribution in [0.3, 0.4) is 0 Å². The van der Waals surface area contributed by atoms with Gasteiger partial charge in [-0.25, -0.2) is 14.4 Å². The predicted octanol–water partition coefficient (Wildman–Crippen LogP) is 5.18. The Morgan fingerprint density at radius 3 is 2.62 bits per heavy atom. The highest BCUT2D eigenvalue weighted by Crippen LogP contribution is 2.35. The molecular formula is C26H26ClNO6. The van der Waals surface area contributed by atoms with E-state index in [-0.39, 0.29) is 28.9 Å². The average molecular weight is 484 g/mol. The number of fused-ring (bicyclic) bond motifs is 3. The number of halogens is 1. The molecule has 0 saturated carbocycles. The number of rotatable bonds is 7. The first-order chi connectivity index (χ1) is 16.4. The Bertz CT molecular complexity index is 1270. The van der Waals surface area contributed by atoms with Crippen molar-refractivity contribution in [2.24, 2.45) is 5.92 Å². The fraction of sp³-hybridized carbons (Fsp3) is 0.346. The number of benzene rings is 2. The Balaban J connectivity index is 1.51. The molecule has 178 valence electrons. The van der Waals surface area contributed by atoms with E-state index in [2.05, 4.69) is 5.32 Å². The van der Waals surface area contributed by atoms with Crippen LogP contribution in [0.5, 0.6) is 5.75 Å². The van der Waals surface area contributed by atoms with Gasteiger partial charge in [0.25, 0.3) is 0 Å². The maximum atomic E-state index is 13.0. The molecule has 1 N–H and O–H groups in total. The van der Waals surface area contributed by atoms with E-state index in [4.69, 9.17) is 25.5 Å². The molecule has 2 atom stereocenters. The van der Waals surface area contributed by atoms with E-state index in [1.54, 1.807) is 6.07 Å². The zero-order valence-corrected chi connectivity index (χ0v) is 19.8. The summed E-state index contributed by atoms with van der Waals surface area (Å²) in [5.74, 6) is -0.846. The second-order valence-electron chi connectivity index (χ2n) is 8.47. The fourth-order valence-electron chi connectivity index (χ4n) is 4.09. The Morgan fingerprint density at radius 1 is 1.15 bits per heavy atom. The molecule has 1 aliphatic carbocycles. The highest BCUT2D eigenvalue weighted by Gasteiger charge is 2.29. The van der Waals surface area contributed by atoms with E-state index >= 15 is 0 Å². The van der Waals surface area contributed by atoms with Gasteiger partial charge in [0.15, 0.2) is 5.75 Å². The summed E-state index contributed by atoms with van der Waals surface area (Å²) in [6, 6.07) is 11.4. The zero-order chi connectivity index (χ0) is 24.2. The fourth-order valence-corrected chi connectivity index (χ4v) is 4.30. The molecule has 7 nitrogen and oxygen atoms in total. The van der Waals surface area contributed by atoms with Crippen LogP contribution >= 0.6 is 11.6 Å². The van der Waals surface area contributed by atoms with Gasteiger partial charge in [-0.2, -0.15) is 0 Å². The number of esters is 1. The molecule has 8 heteroatoms. The van der Waals surface area contributed by atoms with Gasteiger partial charge < -0.3 is 19.2 Å². The quantitative estimate of drug-likeness (QED) is 0.282. The van der Waals surface area contributed by atoms with Crippen molar-refractivity contribution in [3.8, 4) is 5.75 Å². The van der Waals surface area contributed by atoms with Gasteiger partial charge in [-0.05, 0) is 42.4 Å². The number of carbonyl (C=O) groups is 2. The predicted molar refractivity (Wildman–Crippen MR) is 128 cm³/mol. The number of hydrogen-bond donors (Lipinski definition) is 1. The van der Waals surface area contributed by atoms with E-state index in [0.29, 0.717) is 24.0 Å². The third-order valence-electron chi connectivity index (χ3n) is 6.19. The summed E-state index contributed by atoms with van der Waals surface area (Å²) in [6.07, 6.45) is 2.24. The van der Waals surface area contributed by atoms with E-state index in [9.17, 15) is 14.4 Å². The number of nitrogens with one attached hydrogen (secondary N) is 1. The lowest BCUT2D eigenvalue weighted by atomic mass is 9.99. The Kier molecular flexibility index (Phi) is 7.22. The summed E-state index contributed by atoms with van der Waals surface area (Å²) in [5, 5.41) is 3.57. The minimum Gasteiger partial charge on any atom is -0.445 e. The molecule has 0 spiro atoms. The van der Waals surface area contributed by atoms with Gasteiger partial charge in [-0.1, -0.05) is 62.2 Å². The van der Waals surface area contributed by atoms with Crippen LogP contribution in [0.15, 0.2) is 51.7 Å². The van der Waals surface area contributed by atoms with Crippen LogP contribution in [0.25, 0.3) is 11.0 Å². The highest BCUT2D eigenvalue weighted by atomic mass is 35.5. The first kappa shape index (κ1) is 23.8. The molecule has 2 aromatic carbocycles. The topological polar surface area (TPSA) is 94.8 Å². The van der Waals surface area contributed by atoms with Crippen LogP contribution in [0, 0.1) is 5.92 Å². The minimum atomic E-state index is -0.952. The summed E-state index contributed by atoms with van der Waals surface area (Å²) < 4.78 is 16.3. The molecule has 1 aromatic heterocycles. The number of alkyl carbamates (subject to hydrolysis) is 1. The third kappa shape index (κ3) is 5.09. The summed E-state index contributed by atoms with van der Waals surface area (Å²) in [5.41, 5.74) is 2.39. The first-order valence-electron chi connectivity index (χ1n) is 11.3. The van der Waals surface area contributed by atoms with Crippen molar-refractivity contribution in [1.82, 2.24) is 5.32 Å². The molecule has 0 unspecified atom stereocenters. The van der Waals surface area contributed by atoms with Crippen molar-refractivity contribution in [2.75, 3.05) is 0 Å². The van der Waals surface area contributed by atoms with Gasteiger partial charge >= 0.3 is 17.7 Å². The first-order valence-corrected chi connectivity index (χ1v) is 11.7. The second-order valence-corrected chi connectivity index (χ2v) is 8.88. The number of hydrogen-bond acceptors (Lipinski definition) is 6. The number of amides is 1. The van der Waals surface area contributed by atoms with Gasteiger partial charge in [0.2, 0.25) is 0 Å². The molecule has 3 aromatic rings. The van der Waals surface area contributed by atoms with Crippen LogP contribution in [0.2, 0.25) is 5.02 Å². The molecule has 4 rings (SSSR count). The summed E-state index contributed by atoms with van der Waals surface area (Å²) in [7, 11) is 0. The lowest BCUT2D eigenvalue weighted by molar-refractivity contribution is -0.138. The van der Waals surface area contributed by atoms with Crippen molar-refractivity contribution >= 4 is 34.6 Å². The maximum absolute atomic E-state index is 13.0. The molecule has 0 saturated heterocycles. The standard InChI is InChI=1S/C26H26ClNO6/c1-3-15(2)23(28-26(31)32-14-16-8-5-4-6-9-16)25(30)34-22-13-21-19(12-20(22)27)17-10-7-11-18(17)24(29)33-21/h4-6,8-9,12-13,15,23H,3,7,10-11,14H2,1-2H3,(H,28,31)/t15-,23+/m0/s1. The van der Waals surface area contributed by atoms with Gasteiger partial charge in [0, 0.05) is 17.0 Å². The normalized spacial score (nSPS) is 14.3. The number of ether oxygens (including phenoxy) is 2. The lowest BCUT2D eigenvalue weighted by Gasteiger charge is -2.22. The minimum absolute atomic E-state index is 0.0630. The third-order valence-corrected chi connectivity index (χ3v) is 6.49. The summed E-state index contributed by atoms with van der Waals surface area (Å²) in [6.45, 7) is 3.81. The van der Waals surface area contributed by atoms with Gasteiger partial charge in [-0.15, -0.1) is 0 Å². The smallest absolute Gasteiger partial charge is 0.408 e. The molecule has 1 aliphatic rings. The van der Waals surface area contributed by atoms with Crippen molar-refractivity contribution < 1.29 is 23.5 Å². The zero-order valence-electron chi connectivity index (χ0n) is 19.1. The molecule has 0 aliphatic heterocycles. The Hall–Kier alpha value is -3.32. The average Bonchev–Trinajstić information content (AvgIpc) is 3.33. The van der Waals surface area contributed by atoms with Crippen molar-refractivity contribution in [1.29, 1.82) is 0 Å². The second kappa shape index (κ2) is 10.3. The van der Waals surface area contributed by atoms with Crippen molar-refractivity contribution in [2.45, 2.75) is 52.2 Å². The lowest BCUT2D eigenvalue weighted by Crippen LogP contribution is -2.47. The number of carbonyl (C=O) groups excluding carboxylic acids is 2. The van der Waals surface area contributed by atoms with Crippen molar-refractivity contribution in [3.05, 3.63) is 74.6 Å². The van der Waals surface area contributed by atoms with Crippen LogP contribution in [0.4, 0.5) is 4.79 Å². The van der Waals surface area contributed by atoms with Gasteiger partial charge in [0.1, 0.15) is 18.2 Å². The molecule has 0 fully saturated rings. The molecule has 34 heavy (non-hydrogen) atoms. The largest absolute Gasteiger partial charge is 0.445 e. The molecular weight excluding hydrogens is 458 g/mol. The van der Waals surface area contributed by atoms with Crippen LogP contribution in [0.1, 0.15) is 43.4 Å². The molecule has 1 heterocycles. The van der Waals surface area contributed by atoms with Crippen LogP contribution in [-0.2, 0) is 29.0 Å². The van der Waals surface area contributed by atoms with E-state index in [1.165, 1.54) is 6.07 Å². The van der Waals surface area contributed by atoms with E-state index in [0.717, 1.165) is 29.4 Å². The monoisotopic (exact) mass is 483 g/mol. The Morgan fingerprint density at radius 2 is 1.88 bits per heavy atom. The van der Waals surface area contributed by atoms with Crippen LogP contribution in [-0.4, -0.2) is 18.1 Å².